The Morgan fingerprint density at radius 2 is 1.89 bits per heavy atom. The molecule has 1 unspecified atom stereocenters. The summed E-state index contributed by atoms with van der Waals surface area (Å²) in [5.74, 6) is -0.442. The van der Waals surface area contributed by atoms with Gasteiger partial charge >= 0.3 is 12.1 Å². The Hall–Kier alpha value is -1.76. The monoisotopic (exact) mass is 264 g/mol. The van der Waals surface area contributed by atoms with Crippen LogP contribution in [0.2, 0.25) is 0 Å². The van der Waals surface area contributed by atoms with Crippen LogP contribution in [-0.4, -0.2) is 37.1 Å². The predicted molar refractivity (Wildman–Crippen MR) is 55.3 cm³/mol. The van der Waals surface area contributed by atoms with Crippen molar-refractivity contribution in [3.63, 3.8) is 0 Å². The topological polar surface area (TPSA) is 55.8 Å². The van der Waals surface area contributed by atoms with Crippen molar-refractivity contribution in [1.82, 2.24) is 0 Å². The van der Waals surface area contributed by atoms with Crippen LogP contribution in [0.5, 0.6) is 5.75 Å². The first kappa shape index (κ1) is 14.3. The third-order valence-electron chi connectivity index (χ3n) is 2.06. The average molecular weight is 264 g/mol. The quantitative estimate of drug-likeness (QED) is 0.842. The van der Waals surface area contributed by atoms with Crippen molar-refractivity contribution in [3.8, 4) is 5.75 Å². The Balaban J connectivity index is 2.57. The van der Waals surface area contributed by atoms with Crippen LogP contribution in [0.25, 0.3) is 0 Å². The largest absolute Gasteiger partial charge is 0.491 e. The number of alkyl halides is 3. The van der Waals surface area contributed by atoms with Gasteiger partial charge in [-0.2, -0.15) is 13.2 Å². The van der Waals surface area contributed by atoms with Crippen LogP contribution in [-0.2, 0) is 4.74 Å². The summed E-state index contributed by atoms with van der Waals surface area (Å²) in [5.41, 5.74) is 0.251. The molecule has 0 spiro atoms. The molecular formula is C11H11F3O4. The fraction of sp³-hybridized carbons (Fsp3) is 0.364. The number of carbonyl (C=O) groups is 1. The number of aliphatic hydroxyl groups is 1. The Kier molecular flexibility index (Phi) is 4.55. The fourth-order valence-electron chi connectivity index (χ4n) is 1.07. The van der Waals surface area contributed by atoms with E-state index in [1.165, 1.54) is 31.4 Å². The standard InChI is InChI=1S/C11H11F3O4/c1-17-10(16)7-2-4-8(5-3-7)18-6-9(15)11(12,13)14/h2-5,9,15H,6H2,1H3. The van der Waals surface area contributed by atoms with Gasteiger partial charge in [0.25, 0.3) is 0 Å². The fourth-order valence-corrected chi connectivity index (χ4v) is 1.07. The molecule has 0 saturated heterocycles. The minimum Gasteiger partial charge on any atom is -0.491 e. The van der Waals surface area contributed by atoms with Crippen LogP contribution in [0.15, 0.2) is 24.3 Å². The molecule has 0 aromatic heterocycles. The van der Waals surface area contributed by atoms with E-state index < -0.39 is 24.9 Å². The van der Waals surface area contributed by atoms with Gasteiger partial charge in [-0.1, -0.05) is 0 Å². The number of rotatable bonds is 4. The third-order valence-corrected chi connectivity index (χ3v) is 2.06. The van der Waals surface area contributed by atoms with Gasteiger partial charge in [0.15, 0.2) is 6.10 Å². The van der Waals surface area contributed by atoms with E-state index in [4.69, 9.17) is 9.84 Å². The van der Waals surface area contributed by atoms with Crippen LogP contribution in [0.3, 0.4) is 0 Å². The molecule has 0 aliphatic heterocycles. The van der Waals surface area contributed by atoms with Crippen LogP contribution < -0.4 is 4.74 Å². The van der Waals surface area contributed by atoms with Crippen molar-refractivity contribution in [1.29, 1.82) is 0 Å². The van der Waals surface area contributed by atoms with Crippen LogP contribution in [0.1, 0.15) is 10.4 Å². The lowest BCUT2D eigenvalue weighted by Gasteiger charge is -2.15. The third kappa shape index (κ3) is 3.92. The van der Waals surface area contributed by atoms with Gasteiger partial charge in [-0.15, -0.1) is 0 Å². The summed E-state index contributed by atoms with van der Waals surface area (Å²) in [7, 11) is 1.21. The molecule has 1 rings (SSSR count). The summed E-state index contributed by atoms with van der Waals surface area (Å²) < 4.78 is 45.1. The number of hydrogen-bond acceptors (Lipinski definition) is 4. The van der Waals surface area contributed by atoms with Crippen molar-refractivity contribution in [2.45, 2.75) is 12.3 Å². The molecule has 0 aliphatic carbocycles. The molecule has 0 heterocycles. The van der Waals surface area contributed by atoms with E-state index in [9.17, 15) is 18.0 Å². The SMILES string of the molecule is COC(=O)c1ccc(OCC(O)C(F)(F)F)cc1. The predicted octanol–water partition coefficient (Wildman–Crippen LogP) is 1.78. The molecule has 100 valence electrons. The molecule has 1 aromatic carbocycles. The Bertz CT molecular complexity index is 400. The summed E-state index contributed by atoms with van der Waals surface area (Å²) in [5, 5.41) is 8.70. The zero-order valence-electron chi connectivity index (χ0n) is 9.40. The molecule has 18 heavy (non-hydrogen) atoms. The second kappa shape index (κ2) is 5.72. The second-order valence-corrected chi connectivity index (χ2v) is 3.38. The smallest absolute Gasteiger partial charge is 0.417 e. The highest BCUT2D eigenvalue weighted by atomic mass is 19.4. The molecular weight excluding hydrogens is 253 g/mol. The summed E-state index contributed by atoms with van der Waals surface area (Å²) in [4.78, 5) is 11.1. The molecule has 0 radical (unpaired) electrons. The summed E-state index contributed by atoms with van der Waals surface area (Å²) in [6.45, 7) is -0.902. The summed E-state index contributed by atoms with van der Waals surface area (Å²) in [6.07, 6.45) is -7.26. The van der Waals surface area contributed by atoms with Crippen molar-refractivity contribution < 1.29 is 32.5 Å². The van der Waals surface area contributed by atoms with Gasteiger partial charge in [-0.25, -0.2) is 4.79 Å². The number of esters is 1. The number of halogens is 3. The van der Waals surface area contributed by atoms with Gasteiger partial charge in [0.1, 0.15) is 12.4 Å². The van der Waals surface area contributed by atoms with Crippen LogP contribution in [0, 0.1) is 0 Å². The number of hydrogen-bond donors (Lipinski definition) is 1. The Morgan fingerprint density at radius 1 is 1.33 bits per heavy atom. The van der Waals surface area contributed by atoms with Gasteiger partial charge < -0.3 is 14.6 Å². The van der Waals surface area contributed by atoms with Crippen molar-refractivity contribution >= 4 is 5.97 Å². The molecule has 0 fully saturated rings. The molecule has 1 aromatic rings. The lowest BCUT2D eigenvalue weighted by atomic mass is 10.2. The number of aliphatic hydroxyl groups excluding tert-OH is 1. The maximum absolute atomic E-state index is 12.0. The van der Waals surface area contributed by atoms with Crippen molar-refractivity contribution in [3.05, 3.63) is 29.8 Å². The second-order valence-electron chi connectivity index (χ2n) is 3.38. The first-order valence-corrected chi connectivity index (χ1v) is 4.90. The maximum Gasteiger partial charge on any atom is 0.417 e. The first-order valence-electron chi connectivity index (χ1n) is 4.90. The minimum atomic E-state index is -4.72. The molecule has 1 atom stereocenters. The summed E-state index contributed by atoms with van der Waals surface area (Å²) >= 11 is 0. The molecule has 0 aliphatic rings. The molecule has 0 amide bonds. The average Bonchev–Trinajstić information content (AvgIpc) is 2.34. The Morgan fingerprint density at radius 3 is 2.33 bits per heavy atom. The molecule has 0 bridgehead atoms. The van der Waals surface area contributed by atoms with Crippen LogP contribution in [0.4, 0.5) is 13.2 Å². The Labute approximate surface area is 101 Å². The van der Waals surface area contributed by atoms with Gasteiger partial charge in [0.2, 0.25) is 0 Å². The number of methoxy groups -OCH3 is 1. The first-order chi connectivity index (χ1) is 8.34. The molecule has 7 heteroatoms. The zero-order valence-corrected chi connectivity index (χ0v) is 9.40. The zero-order chi connectivity index (χ0) is 13.8. The van der Waals surface area contributed by atoms with Crippen molar-refractivity contribution in [2.24, 2.45) is 0 Å². The van der Waals surface area contributed by atoms with Crippen LogP contribution >= 0.6 is 0 Å². The molecule has 4 nitrogen and oxygen atoms in total. The van der Waals surface area contributed by atoms with Gasteiger partial charge in [-0.3, -0.25) is 0 Å². The van der Waals surface area contributed by atoms with Gasteiger partial charge in [0, 0.05) is 0 Å². The van der Waals surface area contributed by atoms with Crippen molar-refractivity contribution in [2.75, 3.05) is 13.7 Å². The van der Waals surface area contributed by atoms with E-state index in [0.29, 0.717) is 0 Å². The highest BCUT2D eigenvalue weighted by Crippen LogP contribution is 2.21. The highest BCUT2D eigenvalue weighted by Gasteiger charge is 2.38. The van der Waals surface area contributed by atoms with E-state index in [-0.39, 0.29) is 11.3 Å². The van der Waals surface area contributed by atoms with Gasteiger partial charge in [-0.05, 0) is 24.3 Å². The summed E-state index contributed by atoms with van der Waals surface area (Å²) in [6, 6.07) is 5.33. The molecule has 1 N–H and O–H groups in total. The number of benzene rings is 1. The number of ether oxygens (including phenoxy) is 2. The van der Waals surface area contributed by atoms with E-state index in [1.54, 1.807) is 0 Å². The maximum atomic E-state index is 12.0. The highest BCUT2D eigenvalue weighted by molar-refractivity contribution is 5.89. The van der Waals surface area contributed by atoms with Gasteiger partial charge in [0.05, 0.1) is 12.7 Å². The van der Waals surface area contributed by atoms with E-state index in [1.807, 2.05) is 0 Å². The van der Waals surface area contributed by atoms with E-state index in [2.05, 4.69) is 4.74 Å². The van der Waals surface area contributed by atoms with E-state index >= 15 is 0 Å². The normalized spacial score (nSPS) is 12.9. The molecule has 0 saturated carbocycles. The lowest BCUT2D eigenvalue weighted by molar-refractivity contribution is -0.210. The minimum absolute atomic E-state index is 0.117. The van der Waals surface area contributed by atoms with E-state index in [0.717, 1.165) is 0 Å². The number of carbonyl (C=O) groups excluding carboxylic acids is 1. The lowest BCUT2D eigenvalue weighted by Crippen LogP contribution is -2.34.